The van der Waals surface area contributed by atoms with E-state index < -0.39 is 8.07 Å². The summed E-state index contributed by atoms with van der Waals surface area (Å²) in [5, 5.41) is 11.1. The summed E-state index contributed by atoms with van der Waals surface area (Å²) in [6.07, 6.45) is 3.54. The third-order valence-corrected chi connectivity index (χ3v) is 4.76. The van der Waals surface area contributed by atoms with Gasteiger partial charge in [0.2, 0.25) is 0 Å². The molecule has 1 unspecified atom stereocenters. The van der Waals surface area contributed by atoms with E-state index in [1.54, 1.807) is 0 Å². The van der Waals surface area contributed by atoms with Gasteiger partial charge >= 0.3 is 0 Å². The zero-order valence-electron chi connectivity index (χ0n) is 8.91. The second-order valence-electron chi connectivity index (χ2n) is 4.86. The van der Waals surface area contributed by atoms with Gasteiger partial charge in [0.25, 0.3) is 0 Å². The number of fused-ring (bicyclic) bond motifs is 1. The van der Waals surface area contributed by atoms with Crippen molar-refractivity contribution in [3.63, 3.8) is 0 Å². The van der Waals surface area contributed by atoms with Crippen molar-refractivity contribution in [3.8, 4) is 0 Å². The Bertz CT molecular complexity index is 388. The Morgan fingerprint density at radius 3 is 2.57 bits per heavy atom. The Labute approximate surface area is 86.1 Å². The van der Waals surface area contributed by atoms with Gasteiger partial charge in [-0.15, -0.1) is 0 Å². The van der Waals surface area contributed by atoms with E-state index in [9.17, 15) is 5.11 Å². The predicted molar refractivity (Wildman–Crippen MR) is 63.4 cm³/mol. The molecule has 2 rings (SSSR count). The summed E-state index contributed by atoms with van der Waals surface area (Å²) < 4.78 is 0. The highest BCUT2D eigenvalue weighted by Crippen LogP contribution is 2.27. The molecule has 0 bridgehead atoms. The van der Waals surface area contributed by atoms with Gasteiger partial charge in [0, 0.05) is 0 Å². The molecule has 1 atom stereocenters. The third kappa shape index (κ3) is 1.45. The molecule has 14 heavy (non-hydrogen) atoms. The summed E-state index contributed by atoms with van der Waals surface area (Å²) in [6, 6.07) is 6.28. The summed E-state index contributed by atoms with van der Waals surface area (Å²) in [7, 11) is -1.28. The molecule has 0 fully saturated rings. The first-order chi connectivity index (χ1) is 6.50. The minimum Gasteiger partial charge on any atom is -0.384 e. The van der Waals surface area contributed by atoms with Crippen molar-refractivity contribution in [1.82, 2.24) is 0 Å². The van der Waals surface area contributed by atoms with Crippen molar-refractivity contribution in [2.75, 3.05) is 0 Å². The quantitative estimate of drug-likeness (QED) is 0.696. The van der Waals surface area contributed by atoms with E-state index in [0.29, 0.717) is 0 Å². The van der Waals surface area contributed by atoms with Crippen LogP contribution in [0.5, 0.6) is 0 Å². The van der Waals surface area contributed by atoms with E-state index in [-0.39, 0.29) is 6.10 Å². The fraction of sp³-hybridized carbons (Fsp3) is 0.333. The highest BCUT2D eigenvalue weighted by atomic mass is 28.3. The van der Waals surface area contributed by atoms with Crippen LogP contribution in [0, 0.1) is 0 Å². The largest absolute Gasteiger partial charge is 0.384 e. The highest BCUT2D eigenvalue weighted by molar-refractivity contribution is 6.89. The standard InChI is InChI=1S/C12H16OSi/c1-14(2,3)12-6-4-5-9-10(12)7-8-11(9)13/h4-8,11,13H,1-3H3. The summed E-state index contributed by atoms with van der Waals surface area (Å²) in [5.74, 6) is 0. The molecule has 1 nitrogen and oxygen atoms in total. The van der Waals surface area contributed by atoms with Gasteiger partial charge in [-0.25, -0.2) is 0 Å². The summed E-state index contributed by atoms with van der Waals surface area (Å²) >= 11 is 0. The molecule has 1 N–H and O–H groups in total. The fourth-order valence-corrected chi connectivity index (χ4v) is 3.60. The molecule has 2 heteroatoms. The number of hydrogen-bond acceptors (Lipinski definition) is 1. The van der Waals surface area contributed by atoms with Gasteiger partial charge in [-0.05, 0) is 11.1 Å². The maximum absolute atomic E-state index is 9.70. The van der Waals surface area contributed by atoms with Gasteiger partial charge in [0.05, 0.1) is 14.2 Å². The van der Waals surface area contributed by atoms with Crippen LogP contribution in [0.25, 0.3) is 6.08 Å². The summed E-state index contributed by atoms with van der Waals surface area (Å²) in [4.78, 5) is 0. The lowest BCUT2D eigenvalue weighted by Crippen LogP contribution is -2.39. The van der Waals surface area contributed by atoms with Crippen molar-refractivity contribution >= 4 is 19.3 Å². The number of aliphatic hydroxyl groups excluding tert-OH is 1. The van der Waals surface area contributed by atoms with E-state index in [4.69, 9.17) is 0 Å². The zero-order valence-corrected chi connectivity index (χ0v) is 9.91. The lowest BCUT2D eigenvalue weighted by molar-refractivity contribution is 0.232. The third-order valence-electron chi connectivity index (χ3n) is 2.71. The lowest BCUT2D eigenvalue weighted by atomic mass is 10.1. The highest BCUT2D eigenvalue weighted by Gasteiger charge is 2.24. The predicted octanol–water partition coefficient (Wildman–Crippen LogP) is 2.29. The first-order valence-corrected chi connectivity index (χ1v) is 8.50. The van der Waals surface area contributed by atoms with Crippen molar-refractivity contribution in [2.45, 2.75) is 25.7 Å². The molecule has 0 aliphatic heterocycles. The van der Waals surface area contributed by atoms with E-state index in [2.05, 4.69) is 37.8 Å². The van der Waals surface area contributed by atoms with Crippen molar-refractivity contribution in [1.29, 1.82) is 0 Å². The Morgan fingerprint density at radius 1 is 1.21 bits per heavy atom. The molecule has 0 saturated carbocycles. The van der Waals surface area contributed by atoms with Crippen LogP contribution < -0.4 is 5.19 Å². The van der Waals surface area contributed by atoms with Crippen LogP contribution >= 0.6 is 0 Å². The van der Waals surface area contributed by atoms with Gasteiger partial charge in [-0.1, -0.05) is 55.2 Å². The summed E-state index contributed by atoms with van der Waals surface area (Å²) in [5.41, 5.74) is 2.34. The Hall–Kier alpha value is -0.863. The minimum absolute atomic E-state index is 0.388. The molecule has 1 aliphatic carbocycles. The molecule has 0 amide bonds. The minimum atomic E-state index is -1.28. The van der Waals surface area contributed by atoms with Crippen LogP contribution in [0.4, 0.5) is 0 Å². The lowest BCUT2D eigenvalue weighted by Gasteiger charge is -2.20. The van der Waals surface area contributed by atoms with Crippen LogP contribution in [0.3, 0.4) is 0 Å². The second kappa shape index (κ2) is 3.07. The Morgan fingerprint density at radius 2 is 1.93 bits per heavy atom. The summed E-state index contributed by atoms with van der Waals surface area (Å²) in [6.45, 7) is 7.00. The molecular formula is C12H16OSi. The Kier molecular flexibility index (Phi) is 2.12. The first-order valence-electron chi connectivity index (χ1n) is 5.00. The van der Waals surface area contributed by atoms with Crippen LogP contribution in [0.1, 0.15) is 17.2 Å². The monoisotopic (exact) mass is 204 g/mol. The normalized spacial score (nSPS) is 19.9. The number of rotatable bonds is 1. The molecule has 1 aliphatic rings. The van der Waals surface area contributed by atoms with E-state index >= 15 is 0 Å². The van der Waals surface area contributed by atoms with Crippen LogP contribution in [0.2, 0.25) is 19.6 Å². The molecule has 0 radical (unpaired) electrons. The maximum Gasteiger partial charge on any atom is 0.0980 e. The number of benzene rings is 1. The van der Waals surface area contributed by atoms with Gasteiger partial charge in [0.1, 0.15) is 0 Å². The van der Waals surface area contributed by atoms with Gasteiger partial charge in [0.15, 0.2) is 0 Å². The van der Waals surface area contributed by atoms with Crippen molar-refractivity contribution in [2.24, 2.45) is 0 Å². The molecule has 0 spiro atoms. The molecule has 0 aromatic heterocycles. The fourth-order valence-electron chi connectivity index (χ4n) is 1.97. The second-order valence-corrected chi connectivity index (χ2v) is 9.90. The van der Waals surface area contributed by atoms with E-state index in [1.807, 2.05) is 12.1 Å². The average Bonchev–Trinajstić information content (AvgIpc) is 2.46. The van der Waals surface area contributed by atoms with Gasteiger partial charge in [-0.2, -0.15) is 0 Å². The molecule has 74 valence electrons. The number of aliphatic hydroxyl groups is 1. The van der Waals surface area contributed by atoms with Gasteiger partial charge in [-0.3, -0.25) is 0 Å². The molecular weight excluding hydrogens is 188 g/mol. The van der Waals surface area contributed by atoms with Crippen molar-refractivity contribution < 1.29 is 5.11 Å². The smallest absolute Gasteiger partial charge is 0.0980 e. The van der Waals surface area contributed by atoms with Crippen LogP contribution in [-0.4, -0.2) is 13.2 Å². The molecule has 0 heterocycles. The van der Waals surface area contributed by atoms with E-state index in [0.717, 1.165) is 5.56 Å². The molecule has 0 saturated heterocycles. The average molecular weight is 204 g/mol. The Balaban J connectivity index is 2.60. The van der Waals surface area contributed by atoms with E-state index in [1.165, 1.54) is 10.8 Å². The maximum atomic E-state index is 9.70. The molecule has 1 aromatic rings. The van der Waals surface area contributed by atoms with Crippen LogP contribution in [0.15, 0.2) is 24.3 Å². The molecule has 1 aromatic carbocycles. The van der Waals surface area contributed by atoms with Gasteiger partial charge < -0.3 is 5.11 Å². The SMILES string of the molecule is C[Si](C)(C)c1cccc2c1C=CC2O. The first kappa shape index (κ1) is 9.68. The van der Waals surface area contributed by atoms with Crippen molar-refractivity contribution in [3.05, 3.63) is 35.4 Å². The number of hydrogen-bond donors (Lipinski definition) is 1. The van der Waals surface area contributed by atoms with Crippen LogP contribution in [-0.2, 0) is 0 Å². The topological polar surface area (TPSA) is 20.2 Å². The zero-order chi connectivity index (χ0) is 10.3.